The van der Waals surface area contributed by atoms with E-state index >= 15 is 0 Å². The number of carbonyl (C=O) groups is 1. The van der Waals surface area contributed by atoms with E-state index in [1.54, 1.807) is 0 Å². The molecule has 2 saturated heterocycles. The molecule has 0 radical (unpaired) electrons. The Hall–Kier alpha value is -0.610. The number of ether oxygens (including phenoxy) is 2. The molecule has 92 valence electrons. The Bertz CT molecular complexity index is 238. The molecule has 2 atom stereocenters. The van der Waals surface area contributed by atoms with Crippen LogP contribution in [0.25, 0.3) is 0 Å². The van der Waals surface area contributed by atoms with Gasteiger partial charge in [0.05, 0.1) is 7.11 Å². The Balaban J connectivity index is 1.73. The van der Waals surface area contributed by atoms with Gasteiger partial charge in [-0.25, -0.2) is 0 Å². The summed E-state index contributed by atoms with van der Waals surface area (Å²) in [5.74, 6) is 1.30. The Morgan fingerprint density at radius 3 is 2.81 bits per heavy atom. The molecule has 2 rings (SSSR count). The molecule has 2 fully saturated rings. The van der Waals surface area contributed by atoms with Crippen LogP contribution >= 0.6 is 0 Å². The van der Waals surface area contributed by atoms with Crippen LogP contribution in [0.2, 0.25) is 0 Å². The maximum atomic E-state index is 11.3. The van der Waals surface area contributed by atoms with E-state index in [1.807, 2.05) is 0 Å². The van der Waals surface area contributed by atoms with E-state index in [2.05, 4.69) is 5.32 Å². The molecule has 2 aliphatic heterocycles. The van der Waals surface area contributed by atoms with Crippen molar-refractivity contribution >= 4 is 5.97 Å². The highest BCUT2D eigenvalue weighted by Gasteiger charge is 2.31. The number of carbonyl (C=O) groups excluding carboxylic acids is 1. The Morgan fingerprint density at radius 1 is 1.38 bits per heavy atom. The molecule has 0 amide bonds. The van der Waals surface area contributed by atoms with Gasteiger partial charge in [-0.1, -0.05) is 0 Å². The van der Waals surface area contributed by atoms with Gasteiger partial charge in [0.15, 0.2) is 0 Å². The van der Waals surface area contributed by atoms with Gasteiger partial charge in [0, 0.05) is 13.2 Å². The first-order valence-electron chi connectivity index (χ1n) is 6.18. The second-order valence-corrected chi connectivity index (χ2v) is 4.88. The summed E-state index contributed by atoms with van der Waals surface area (Å²) >= 11 is 0. The number of rotatable bonds is 3. The first kappa shape index (κ1) is 11.9. The van der Waals surface area contributed by atoms with Crippen molar-refractivity contribution in [2.24, 2.45) is 11.8 Å². The average molecular weight is 227 g/mol. The van der Waals surface area contributed by atoms with E-state index in [9.17, 15) is 4.79 Å². The third kappa shape index (κ3) is 2.95. The van der Waals surface area contributed by atoms with Gasteiger partial charge in [-0.15, -0.1) is 0 Å². The molecule has 4 heteroatoms. The van der Waals surface area contributed by atoms with Crippen molar-refractivity contribution in [3.8, 4) is 0 Å². The Morgan fingerprint density at radius 2 is 2.12 bits per heavy atom. The molecule has 0 aromatic carbocycles. The summed E-state index contributed by atoms with van der Waals surface area (Å²) < 4.78 is 10.1. The lowest BCUT2D eigenvalue weighted by Gasteiger charge is -2.24. The Kier molecular flexibility index (Phi) is 4.18. The third-order valence-corrected chi connectivity index (χ3v) is 3.72. The standard InChI is InChI=1S/C12H21NO3/c1-15-12(14)11-7-10(8-13-11)6-9-2-4-16-5-3-9/h9-11,13H,2-8H2,1H3. The van der Waals surface area contributed by atoms with Gasteiger partial charge in [-0.2, -0.15) is 0 Å². The topological polar surface area (TPSA) is 47.6 Å². The van der Waals surface area contributed by atoms with Crippen molar-refractivity contribution in [1.82, 2.24) is 5.32 Å². The van der Waals surface area contributed by atoms with Crippen LogP contribution in [0.4, 0.5) is 0 Å². The van der Waals surface area contributed by atoms with Crippen molar-refractivity contribution in [3.05, 3.63) is 0 Å². The molecule has 0 aliphatic carbocycles. The highest BCUT2D eigenvalue weighted by molar-refractivity contribution is 5.75. The predicted octanol–water partition coefficient (Wildman–Crippen LogP) is 0.954. The van der Waals surface area contributed by atoms with E-state index in [4.69, 9.17) is 9.47 Å². The maximum Gasteiger partial charge on any atom is 0.322 e. The fraction of sp³-hybridized carbons (Fsp3) is 0.917. The van der Waals surface area contributed by atoms with E-state index in [1.165, 1.54) is 26.4 Å². The van der Waals surface area contributed by atoms with Crippen LogP contribution in [-0.4, -0.2) is 38.9 Å². The van der Waals surface area contributed by atoms with E-state index in [-0.39, 0.29) is 12.0 Å². The second-order valence-electron chi connectivity index (χ2n) is 4.88. The van der Waals surface area contributed by atoms with Crippen molar-refractivity contribution < 1.29 is 14.3 Å². The summed E-state index contributed by atoms with van der Waals surface area (Å²) in [6.07, 6.45) is 4.52. The first-order chi connectivity index (χ1) is 7.79. The summed E-state index contributed by atoms with van der Waals surface area (Å²) in [5, 5.41) is 3.24. The molecule has 0 aromatic heterocycles. The third-order valence-electron chi connectivity index (χ3n) is 3.72. The number of hydrogen-bond acceptors (Lipinski definition) is 4. The van der Waals surface area contributed by atoms with Crippen molar-refractivity contribution in [3.63, 3.8) is 0 Å². The minimum absolute atomic E-state index is 0.0742. The number of hydrogen-bond donors (Lipinski definition) is 1. The van der Waals surface area contributed by atoms with Crippen LogP contribution in [0.15, 0.2) is 0 Å². The van der Waals surface area contributed by atoms with Crippen molar-refractivity contribution in [1.29, 1.82) is 0 Å². The quantitative estimate of drug-likeness (QED) is 0.729. The highest BCUT2D eigenvalue weighted by Crippen LogP contribution is 2.27. The fourth-order valence-corrected chi connectivity index (χ4v) is 2.76. The van der Waals surface area contributed by atoms with E-state index in [0.29, 0.717) is 5.92 Å². The van der Waals surface area contributed by atoms with Gasteiger partial charge in [0.2, 0.25) is 0 Å². The van der Waals surface area contributed by atoms with Crippen LogP contribution < -0.4 is 5.32 Å². The lowest BCUT2D eigenvalue weighted by molar-refractivity contribution is -0.142. The summed E-state index contributed by atoms with van der Waals surface area (Å²) in [6, 6.07) is -0.0742. The van der Waals surface area contributed by atoms with Crippen LogP contribution in [0.3, 0.4) is 0 Å². The highest BCUT2D eigenvalue weighted by atomic mass is 16.5. The minimum Gasteiger partial charge on any atom is -0.468 e. The smallest absolute Gasteiger partial charge is 0.322 e. The average Bonchev–Trinajstić information content (AvgIpc) is 2.78. The molecule has 0 saturated carbocycles. The number of nitrogens with one attached hydrogen (secondary N) is 1. The Labute approximate surface area is 96.7 Å². The van der Waals surface area contributed by atoms with Crippen LogP contribution in [0, 0.1) is 11.8 Å². The summed E-state index contributed by atoms with van der Waals surface area (Å²) in [5.41, 5.74) is 0. The lowest BCUT2D eigenvalue weighted by atomic mass is 9.88. The molecular weight excluding hydrogens is 206 g/mol. The fourth-order valence-electron chi connectivity index (χ4n) is 2.76. The summed E-state index contributed by atoms with van der Waals surface area (Å²) in [7, 11) is 1.45. The zero-order valence-electron chi connectivity index (χ0n) is 9.91. The van der Waals surface area contributed by atoms with E-state index < -0.39 is 0 Å². The largest absolute Gasteiger partial charge is 0.468 e. The normalized spacial score (nSPS) is 31.6. The first-order valence-corrected chi connectivity index (χ1v) is 6.18. The monoisotopic (exact) mass is 227 g/mol. The SMILES string of the molecule is COC(=O)C1CC(CC2CCOCC2)CN1. The van der Waals surface area contributed by atoms with Gasteiger partial charge in [0.25, 0.3) is 0 Å². The van der Waals surface area contributed by atoms with Crippen LogP contribution in [-0.2, 0) is 14.3 Å². The lowest BCUT2D eigenvalue weighted by Crippen LogP contribution is -2.31. The molecule has 4 nitrogen and oxygen atoms in total. The van der Waals surface area contributed by atoms with Crippen LogP contribution in [0.1, 0.15) is 25.7 Å². The van der Waals surface area contributed by atoms with Gasteiger partial charge >= 0.3 is 5.97 Å². The number of methoxy groups -OCH3 is 1. The van der Waals surface area contributed by atoms with Gasteiger partial charge in [-0.05, 0) is 44.1 Å². The molecule has 2 aliphatic rings. The molecule has 0 spiro atoms. The van der Waals surface area contributed by atoms with Gasteiger partial charge in [0.1, 0.15) is 6.04 Å². The summed E-state index contributed by atoms with van der Waals surface area (Å²) in [4.78, 5) is 11.3. The molecule has 1 N–H and O–H groups in total. The number of esters is 1. The zero-order chi connectivity index (χ0) is 11.4. The molecule has 2 unspecified atom stereocenters. The predicted molar refractivity (Wildman–Crippen MR) is 60.1 cm³/mol. The van der Waals surface area contributed by atoms with Gasteiger partial charge < -0.3 is 14.8 Å². The minimum atomic E-state index is -0.116. The molecule has 0 bridgehead atoms. The van der Waals surface area contributed by atoms with E-state index in [0.717, 1.165) is 32.1 Å². The van der Waals surface area contributed by atoms with Gasteiger partial charge in [-0.3, -0.25) is 4.79 Å². The zero-order valence-corrected chi connectivity index (χ0v) is 9.91. The molecule has 2 heterocycles. The van der Waals surface area contributed by atoms with Crippen molar-refractivity contribution in [2.45, 2.75) is 31.7 Å². The maximum absolute atomic E-state index is 11.3. The molecule has 16 heavy (non-hydrogen) atoms. The molecule has 0 aromatic rings. The summed E-state index contributed by atoms with van der Waals surface area (Å²) in [6.45, 7) is 2.77. The van der Waals surface area contributed by atoms with Crippen molar-refractivity contribution in [2.75, 3.05) is 26.9 Å². The van der Waals surface area contributed by atoms with Crippen LogP contribution in [0.5, 0.6) is 0 Å². The molecular formula is C12H21NO3. The second kappa shape index (κ2) is 5.64.